The summed E-state index contributed by atoms with van der Waals surface area (Å²) in [6, 6.07) is 2.38. The van der Waals surface area contributed by atoms with Crippen LogP contribution in [-0.2, 0) is 4.79 Å². The van der Waals surface area contributed by atoms with Gasteiger partial charge in [-0.2, -0.15) is 0 Å². The maximum atomic E-state index is 12.6. The van der Waals surface area contributed by atoms with Gasteiger partial charge in [0.1, 0.15) is 0 Å². The minimum atomic E-state index is -0.407. The van der Waals surface area contributed by atoms with Gasteiger partial charge in [-0.3, -0.25) is 4.79 Å². The van der Waals surface area contributed by atoms with Gasteiger partial charge in [-0.25, -0.2) is 4.79 Å². The van der Waals surface area contributed by atoms with Gasteiger partial charge in [0, 0.05) is 49.7 Å². The number of nitrogens with zero attached hydrogens (tertiary/aromatic N) is 3. The van der Waals surface area contributed by atoms with E-state index in [1.54, 1.807) is 15.9 Å². The molecule has 2 aliphatic rings. The van der Waals surface area contributed by atoms with E-state index in [2.05, 4.69) is 24.5 Å². The molecule has 6 heteroatoms. The van der Waals surface area contributed by atoms with E-state index in [1.807, 2.05) is 6.08 Å². The van der Waals surface area contributed by atoms with Crippen LogP contribution in [0, 0.1) is 13.8 Å². The van der Waals surface area contributed by atoms with Gasteiger partial charge in [-0.15, -0.1) is 0 Å². The molecule has 1 aliphatic carbocycles. The molecule has 0 spiro atoms. The van der Waals surface area contributed by atoms with Crippen molar-refractivity contribution in [2.24, 2.45) is 5.73 Å². The molecule has 0 radical (unpaired) electrons. The maximum absolute atomic E-state index is 12.6. The van der Waals surface area contributed by atoms with Gasteiger partial charge in [0.05, 0.1) is 0 Å². The van der Waals surface area contributed by atoms with E-state index in [-0.39, 0.29) is 5.91 Å². The third-order valence-corrected chi connectivity index (χ3v) is 5.99. The molecule has 0 bridgehead atoms. The minimum absolute atomic E-state index is 0.00351. The number of aryl methyl sites for hydroxylation is 1. The van der Waals surface area contributed by atoms with Crippen LogP contribution in [0.1, 0.15) is 61.5 Å². The summed E-state index contributed by atoms with van der Waals surface area (Å²) in [6.07, 6.45) is 10.9. The van der Waals surface area contributed by atoms with Crippen LogP contribution < -0.4 is 5.73 Å². The summed E-state index contributed by atoms with van der Waals surface area (Å²) in [4.78, 5) is 27.3. The van der Waals surface area contributed by atoms with Crippen LogP contribution in [0.15, 0.2) is 12.1 Å². The molecule has 2 heterocycles. The lowest BCUT2D eigenvalue weighted by molar-refractivity contribution is -0.125. The monoisotopic (exact) mass is 372 g/mol. The molecule has 2 N–H and O–H groups in total. The number of aromatic nitrogens is 1. The molecule has 27 heavy (non-hydrogen) atoms. The van der Waals surface area contributed by atoms with Gasteiger partial charge in [0.25, 0.3) is 0 Å². The van der Waals surface area contributed by atoms with E-state index >= 15 is 0 Å². The van der Waals surface area contributed by atoms with Gasteiger partial charge < -0.3 is 20.1 Å². The van der Waals surface area contributed by atoms with Crippen molar-refractivity contribution in [3.05, 3.63) is 29.1 Å². The summed E-state index contributed by atoms with van der Waals surface area (Å²) >= 11 is 0. The van der Waals surface area contributed by atoms with Crippen LogP contribution in [0.4, 0.5) is 4.79 Å². The molecule has 1 aromatic heterocycles. The summed E-state index contributed by atoms with van der Waals surface area (Å²) in [7, 11) is 0. The number of hydrogen-bond donors (Lipinski definition) is 1. The quantitative estimate of drug-likeness (QED) is 0.828. The third kappa shape index (κ3) is 4.54. The molecule has 0 atom stereocenters. The van der Waals surface area contributed by atoms with E-state index < -0.39 is 6.03 Å². The van der Waals surface area contributed by atoms with Gasteiger partial charge in [0.2, 0.25) is 5.91 Å². The fraction of sp³-hybridized carbons (Fsp3) is 0.619. The molecular formula is C21H32N4O2. The first kappa shape index (κ1) is 19.5. The van der Waals surface area contributed by atoms with Gasteiger partial charge in [-0.05, 0) is 50.8 Å². The molecule has 3 amide bonds. The van der Waals surface area contributed by atoms with Gasteiger partial charge >= 0.3 is 6.03 Å². The average molecular weight is 373 g/mol. The molecule has 148 valence electrons. The second kappa shape index (κ2) is 8.63. The molecule has 1 aromatic rings. The fourth-order valence-electron chi connectivity index (χ4n) is 4.50. The van der Waals surface area contributed by atoms with E-state index in [4.69, 9.17) is 5.73 Å². The Labute approximate surface area is 162 Å². The Morgan fingerprint density at radius 2 is 1.67 bits per heavy atom. The van der Waals surface area contributed by atoms with Crippen LogP contribution in [0.25, 0.3) is 6.08 Å². The Hall–Kier alpha value is -2.24. The summed E-state index contributed by atoms with van der Waals surface area (Å²) < 4.78 is 2.46. The Kier molecular flexibility index (Phi) is 6.24. The molecular weight excluding hydrogens is 340 g/mol. The van der Waals surface area contributed by atoms with Gasteiger partial charge in [-0.1, -0.05) is 19.3 Å². The lowest BCUT2D eigenvalue weighted by Gasteiger charge is -2.26. The first-order valence-electron chi connectivity index (χ1n) is 10.2. The van der Waals surface area contributed by atoms with Crippen LogP contribution in [0.3, 0.4) is 0 Å². The number of hydrogen-bond acceptors (Lipinski definition) is 2. The van der Waals surface area contributed by atoms with Crippen molar-refractivity contribution in [2.45, 2.75) is 58.4 Å². The highest BCUT2D eigenvalue weighted by Crippen LogP contribution is 2.32. The number of amides is 3. The zero-order chi connectivity index (χ0) is 19.4. The lowest BCUT2D eigenvalue weighted by Crippen LogP contribution is -2.39. The smallest absolute Gasteiger partial charge is 0.314 e. The number of carbonyl (C=O) groups excluding carboxylic acids is 2. The molecule has 2 fully saturated rings. The number of urea groups is 1. The molecule has 3 rings (SSSR count). The first-order valence-corrected chi connectivity index (χ1v) is 10.2. The summed E-state index contributed by atoms with van der Waals surface area (Å²) in [5.41, 5.74) is 9.01. The Morgan fingerprint density at radius 1 is 1.00 bits per heavy atom. The van der Waals surface area contributed by atoms with Crippen LogP contribution >= 0.6 is 0 Å². The SMILES string of the molecule is Cc1cc(C=CC(=O)N2CCCN(C(N)=O)CC2)c(C)n1C1CCCCC1. The third-order valence-electron chi connectivity index (χ3n) is 5.99. The molecule has 0 unspecified atom stereocenters. The number of primary amides is 1. The van der Waals surface area contributed by atoms with Crippen LogP contribution in [-0.4, -0.2) is 52.5 Å². The minimum Gasteiger partial charge on any atom is -0.351 e. The normalized spacial score (nSPS) is 19.5. The van der Waals surface area contributed by atoms with Crippen molar-refractivity contribution in [3.63, 3.8) is 0 Å². The Morgan fingerprint density at radius 3 is 2.37 bits per heavy atom. The predicted octanol–water partition coefficient (Wildman–Crippen LogP) is 3.24. The molecule has 0 aromatic carbocycles. The summed E-state index contributed by atoms with van der Waals surface area (Å²) in [6.45, 7) is 6.63. The highest BCUT2D eigenvalue weighted by Gasteiger charge is 2.21. The van der Waals surface area contributed by atoms with E-state index in [1.165, 1.54) is 43.5 Å². The summed E-state index contributed by atoms with van der Waals surface area (Å²) in [5.74, 6) is 0.00351. The van der Waals surface area contributed by atoms with Gasteiger partial charge in [0.15, 0.2) is 0 Å². The molecule has 1 saturated heterocycles. The number of carbonyl (C=O) groups is 2. The number of rotatable bonds is 3. The lowest BCUT2D eigenvalue weighted by atomic mass is 9.95. The fourth-order valence-corrected chi connectivity index (χ4v) is 4.50. The van der Waals surface area contributed by atoms with E-state index in [0.717, 1.165) is 12.0 Å². The zero-order valence-electron chi connectivity index (χ0n) is 16.6. The van der Waals surface area contributed by atoms with Crippen LogP contribution in [0.5, 0.6) is 0 Å². The Balaban J connectivity index is 1.67. The standard InChI is InChI=1S/C21H32N4O2/c1-16-15-18(17(2)25(16)19-7-4-3-5-8-19)9-10-20(26)23-11-6-12-24(14-13-23)21(22)27/h9-10,15,19H,3-8,11-14H2,1-2H3,(H2,22,27). The van der Waals surface area contributed by atoms with Crippen molar-refractivity contribution in [1.29, 1.82) is 0 Å². The molecule has 1 saturated carbocycles. The van der Waals surface area contributed by atoms with E-state index in [0.29, 0.717) is 32.2 Å². The Bertz CT molecular complexity index is 716. The van der Waals surface area contributed by atoms with Crippen molar-refractivity contribution < 1.29 is 9.59 Å². The van der Waals surface area contributed by atoms with Crippen molar-refractivity contribution in [3.8, 4) is 0 Å². The van der Waals surface area contributed by atoms with Crippen molar-refractivity contribution >= 4 is 18.0 Å². The van der Waals surface area contributed by atoms with Crippen molar-refractivity contribution in [1.82, 2.24) is 14.4 Å². The highest BCUT2D eigenvalue weighted by atomic mass is 16.2. The average Bonchev–Trinajstić information content (AvgIpc) is 2.82. The predicted molar refractivity (Wildman–Crippen MR) is 107 cm³/mol. The second-order valence-corrected chi connectivity index (χ2v) is 7.83. The molecule has 1 aliphatic heterocycles. The second-order valence-electron chi connectivity index (χ2n) is 7.83. The maximum Gasteiger partial charge on any atom is 0.314 e. The van der Waals surface area contributed by atoms with Crippen LogP contribution in [0.2, 0.25) is 0 Å². The topological polar surface area (TPSA) is 71.6 Å². The highest BCUT2D eigenvalue weighted by molar-refractivity contribution is 5.92. The molecule has 6 nitrogen and oxygen atoms in total. The van der Waals surface area contributed by atoms with Crippen molar-refractivity contribution in [2.75, 3.05) is 26.2 Å². The largest absolute Gasteiger partial charge is 0.351 e. The number of nitrogens with two attached hydrogens (primary N) is 1. The summed E-state index contributed by atoms with van der Waals surface area (Å²) in [5, 5.41) is 0. The first-order chi connectivity index (χ1) is 13.0. The zero-order valence-corrected chi connectivity index (χ0v) is 16.6. The van der Waals surface area contributed by atoms with E-state index in [9.17, 15) is 9.59 Å².